The lowest BCUT2D eigenvalue weighted by atomic mass is 10.0. The maximum atomic E-state index is 11.0. The summed E-state index contributed by atoms with van der Waals surface area (Å²) >= 11 is 0. The van der Waals surface area contributed by atoms with Crippen molar-refractivity contribution in [1.29, 1.82) is 0 Å². The second-order valence-corrected chi connectivity index (χ2v) is 4.30. The van der Waals surface area contributed by atoms with Crippen molar-refractivity contribution in [1.82, 2.24) is 10.2 Å². The Bertz CT molecular complexity index is 617. The lowest BCUT2D eigenvalue weighted by molar-refractivity contribution is 0.0697. The van der Waals surface area contributed by atoms with Gasteiger partial charge in [0, 0.05) is 11.1 Å². The van der Waals surface area contributed by atoms with Gasteiger partial charge in [0.05, 0.1) is 17.9 Å². The molecular weight excluding hydrogens is 244 g/mol. The van der Waals surface area contributed by atoms with Crippen LogP contribution < -0.4 is 4.74 Å². The summed E-state index contributed by atoms with van der Waals surface area (Å²) in [7, 11) is 0. The molecule has 1 aromatic carbocycles. The summed E-state index contributed by atoms with van der Waals surface area (Å²) in [5.74, 6) is -0.388. The highest BCUT2D eigenvalue weighted by molar-refractivity contribution is 5.90. The van der Waals surface area contributed by atoms with Crippen molar-refractivity contribution in [2.24, 2.45) is 0 Å². The topological polar surface area (TPSA) is 75.2 Å². The van der Waals surface area contributed by atoms with Crippen molar-refractivity contribution in [3.63, 3.8) is 0 Å². The number of ether oxygens (including phenoxy) is 1. The van der Waals surface area contributed by atoms with Crippen molar-refractivity contribution in [2.75, 3.05) is 6.61 Å². The molecule has 1 heterocycles. The van der Waals surface area contributed by atoms with Crippen molar-refractivity contribution in [3.05, 3.63) is 34.9 Å². The molecule has 100 valence electrons. The first kappa shape index (κ1) is 13.1. The molecule has 0 aliphatic heterocycles. The molecule has 0 aliphatic rings. The van der Waals surface area contributed by atoms with Gasteiger partial charge in [-0.2, -0.15) is 0 Å². The van der Waals surface area contributed by atoms with Crippen molar-refractivity contribution >= 4 is 5.97 Å². The number of carboxylic acid groups (broad SMARTS) is 1. The maximum Gasteiger partial charge on any atom is 0.335 e. The first-order valence-electron chi connectivity index (χ1n) is 6.06. The second kappa shape index (κ2) is 5.14. The fourth-order valence-electron chi connectivity index (χ4n) is 1.95. The van der Waals surface area contributed by atoms with Crippen LogP contribution in [0.25, 0.3) is 11.3 Å². The van der Waals surface area contributed by atoms with Crippen LogP contribution in [-0.4, -0.2) is 27.9 Å². The first-order valence-corrected chi connectivity index (χ1v) is 6.06. The van der Waals surface area contributed by atoms with Gasteiger partial charge in [0.25, 0.3) is 0 Å². The standard InChI is InChI=1S/C14H16N2O3/c1-4-19-13-9(3)12(15-16-13)11-7-10(14(17)18)6-5-8(11)2/h5-7H,4H2,1-3H3,(H,15,16)(H,17,18). The van der Waals surface area contributed by atoms with Gasteiger partial charge < -0.3 is 9.84 Å². The van der Waals surface area contributed by atoms with E-state index >= 15 is 0 Å². The van der Waals surface area contributed by atoms with Crippen LogP contribution in [0.3, 0.4) is 0 Å². The Morgan fingerprint density at radius 3 is 2.79 bits per heavy atom. The molecule has 0 radical (unpaired) electrons. The van der Waals surface area contributed by atoms with Gasteiger partial charge in [-0.1, -0.05) is 6.07 Å². The Morgan fingerprint density at radius 1 is 1.42 bits per heavy atom. The molecule has 0 spiro atoms. The van der Waals surface area contributed by atoms with Crippen LogP contribution in [0, 0.1) is 13.8 Å². The van der Waals surface area contributed by atoms with E-state index in [1.807, 2.05) is 20.8 Å². The van der Waals surface area contributed by atoms with Gasteiger partial charge in [-0.25, -0.2) is 4.79 Å². The number of carbonyl (C=O) groups is 1. The molecule has 2 N–H and O–H groups in total. The smallest absolute Gasteiger partial charge is 0.335 e. The third kappa shape index (κ3) is 2.45. The zero-order chi connectivity index (χ0) is 14.0. The van der Waals surface area contributed by atoms with E-state index in [0.29, 0.717) is 12.5 Å². The minimum absolute atomic E-state index is 0.257. The Hall–Kier alpha value is -2.30. The summed E-state index contributed by atoms with van der Waals surface area (Å²) in [5, 5.41) is 16.1. The molecule has 1 aromatic heterocycles. The largest absolute Gasteiger partial charge is 0.478 e. The molecule has 19 heavy (non-hydrogen) atoms. The van der Waals surface area contributed by atoms with E-state index < -0.39 is 5.97 Å². The third-order valence-corrected chi connectivity index (χ3v) is 3.00. The number of rotatable bonds is 4. The van der Waals surface area contributed by atoms with Crippen molar-refractivity contribution in [2.45, 2.75) is 20.8 Å². The van der Waals surface area contributed by atoms with Gasteiger partial charge >= 0.3 is 5.97 Å². The minimum atomic E-state index is -0.941. The summed E-state index contributed by atoms with van der Waals surface area (Å²) < 4.78 is 5.40. The van der Waals surface area contributed by atoms with Crippen LogP contribution in [0.1, 0.15) is 28.4 Å². The lowest BCUT2D eigenvalue weighted by Gasteiger charge is -2.06. The molecule has 0 saturated heterocycles. The van der Waals surface area contributed by atoms with E-state index in [0.717, 1.165) is 22.4 Å². The molecule has 0 fully saturated rings. The van der Waals surface area contributed by atoms with E-state index in [9.17, 15) is 4.79 Å². The quantitative estimate of drug-likeness (QED) is 0.886. The Balaban J connectivity index is 2.52. The van der Waals surface area contributed by atoms with Gasteiger partial charge in [-0.3, -0.25) is 5.10 Å². The zero-order valence-corrected chi connectivity index (χ0v) is 11.2. The Morgan fingerprint density at radius 2 is 2.16 bits per heavy atom. The van der Waals surface area contributed by atoms with E-state index in [2.05, 4.69) is 10.2 Å². The average molecular weight is 260 g/mol. The summed E-state index contributed by atoms with van der Waals surface area (Å²) in [4.78, 5) is 11.0. The number of benzene rings is 1. The van der Waals surface area contributed by atoms with Gasteiger partial charge in [0.1, 0.15) is 0 Å². The highest BCUT2D eigenvalue weighted by Crippen LogP contribution is 2.30. The van der Waals surface area contributed by atoms with Crippen LogP contribution in [-0.2, 0) is 0 Å². The van der Waals surface area contributed by atoms with Gasteiger partial charge in [0.15, 0.2) is 0 Å². The molecule has 2 aromatic rings. The van der Waals surface area contributed by atoms with E-state index in [1.54, 1.807) is 18.2 Å². The monoisotopic (exact) mass is 260 g/mol. The Kier molecular flexibility index (Phi) is 3.55. The molecular formula is C14H16N2O3. The molecule has 5 nitrogen and oxygen atoms in total. The van der Waals surface area contributed by atoms with E-state index in [1.165, 1.54) is 0 Å². The predicted molar refractivity (Wildman–Crippen MR) is 71.6 cm³/mol. The number of aryl methyl sites for hydroxylation is 1. The average Bonchev–Trinajstić information content (AvgIpc) is 2.72. The summed E-state index contributed by atoms with van der Waals surface area (Å²) in [6, 6.07) is 5.03. The molecule has 5 heteroatoms. The summed E-state index contributed by atoms with van der Waals surface area (Å²) in [5.41, 5.74) is 3.75. The third-order valence-electron chi connectivity index (χ3n) is 3.00. The predicted octanol–water partition coefficient (Wildman–Crippen LogP) is 2.79. The fourth-order valence-corrected chi connectivity index (χ4v) is 1.95. The maximum absolute atomic E-state index is 11.0. The van der Waals surface area contributed by atoms with E-state index in [-0.39, 0.29) is 5.56 Å². The van der Waals surface area contributed by atoms with Crippen LogP contribution in [0.15, 0.2) is 18.2 Å². The highest BCUT2D eigenvalue weighted by atomic mass is 16.5. The van der Waals surface area contributed by atoms with E-state index in [4.69, 9.17) is 9.84 Å². The summed E-state index contributed by atoms with van der Waals surface area (Å²) in [6.07, 6.45) is 0. The number of aromatic nitrogens is 2. The molecule has 0 amide bonds. The summed E-state index contributed by atoms with van der Waals surface area (Å²) in [6.45, 7) is 6.27. The Labute approximate surface area is 111 Å². The molecule has 0 saturated carbocycles. The molecule has 2 rings (SSSR count). The zero-order valence-electron chi connectivity index (χ0n) is 11.2. The van der Waals surface area contributed by atoms with Gasteiger partial charge in [-0.15, -0.1) is 5.10 Å². The molecule has 0 aliphatic carbocycles. The number of nitrogens with one attached hydrogen (secondary N) is 1. The highest BCUT2D eigenvalue weighted by Gasteiger charge is 2.15. The van der Waals surface area contributed by atoms with Crippen molar-refractivity contribution < 1.29 is 14.6 Å². The minimum Gasteiger partial charge on any atom is -0.478 e. The van der Waals surface area contributed by atoms with Crippen LogP contribution >= 0.6 is 0 Å². The molecule has 0 atom stereocenters. The van der Waals surface area contributed by atoms with Gasteiger partial charge in [0.2, 0.25) is 5.88 Å². The number of hydrogen-bond acceptors (Lipinski definition) is 3. The normalized spacial score (nSPS) is 10.5. The van der Waals surface area contributed by atoms with Crippen LogP contribution in [0.2, 0.25) is 0 Å². The van der Waals surface area contributed by atoms with Gasteiger partial charge in [-0.05, 0) is 38.5 Å². The van der Waals surface area contributed by atoms with Crippen LogP contribution in [0.5, 0.6) is 5.88 Å². The lowest BCUT2D eigenvalue weighted by Crippen LogP contribution is -1.98. The second-order valence-electron chi connectivity index (χ2n) is 4.30. The number of hydrogen-bond donors (Lipinski definition) is 2. The SMILES string of the molecule is CCOc1n[nH]c(-c2cc(C(=O)O)ccc2C)c1C. The number of aromatic amines is 1. The first-order chi connectivity index (χ1) is 9.04. The molecule has 0 unspecified atom stereocenters. The number of nitrogens with zero attached hydrogens (tertiary/aromatic N) is 1. The van der Waals surface area contributed by atoms with Crippen molar-refractivity contribution in [3.8, 4) is 17.1 Å². The number of carboxylic acids is 1. The fraction of sp³-hybridized carbons (Fsp3) is 0.286. The van der Waals surface area contributed by atoms with Crippen LogP contribution in [0.4, 0.5) is 0 Å². The number of H-pyrrole nitrogens is 1. The number of aromatic carboxylic acids is 1. The molecule has 0 bridgehead atoms.